The van der Waals surface area contributed by atoms with Gasteiger partial charge in [0, 0.05) is 16.3 Å². The minimum atomic E-state index is -2.56. The minimum Gasteiger partial charge on any atom is -0.326 e. The summed E-state index contributed by atoms with van der Waals surface area (Å²) in [4.78, 5) is 3.63. The molecule has 1 rings (SSSR count). The van der Waals surface area contributed by atoms with Crippen molar-refractivity contribution in [3.63, 3.8) is 0 Å². The zero-order chi connectivity index (χ0) is 10.0. The Bertz CT molecular complexity index is 320. The molecule has 0 unspecified atom stereocenters. The lowest BCUT2D eigenvalue weighted by Gasteiger charge is -2.07. The number of pyridine rings is 1. The number of nitrogens with two attached hydrogens (primary N) is 1. The number of rotatable bonds is 2. The van der Waals surface area contributed by atoms with Crippen molar-refractivity contribution in [2.24, 2.45) is 5.73 Å². The summed E-state index contributed by atoms with van der Waals surface area (Å²) in [5.74, 6) is 0. The van der Waals surface area contributed by atoms with Gasteiger partial charge in [0.15, 0.2) is 0 Å². The largest absolute Gasteiger partial charge is 0.326 e. The van der Waals surface area contributed by atoms with E-state index in [9.17, 15) is 8.78 Å². The Morgan fingerprint density at radius 2 is 2.23 bits per heavy atom. The number of hydrogen-bond acceptors (Lipinski definition) is 2. The number of aromatic nitrogens is 1. The van der Waals surface area contributed by atoms with Crippen molar-refractivity contribution in [3.8, 4) is 0 Å². The SMILES string of the molecule is NCc1cnc(C(F)F)c(Br)c1I. The maximum Gasteiger partial charge on any atom is 0.281 e. The van der Waals surface area contributed by atoms with Gasteiger partial charge < -0.3 is 5.73 Å². The van der Waals surface area contributed by atoms with Gasteiger partial charge in [-0.3, -0.25) is 4.98 Å². The van der Waals surface area contributed by atoms with Gasteiger partial charge in [0.1, 0.15) is 5.69 Å². The Kier molecular flexibility index (Phi) is 3.99. The van der Waals surface area contributed by atoms with Crippen LogP contribution in [0.2, 0.25) is 0 Å². The Morgan fingerprint density at radius 3 is 2.69 bits per heavy atom. The van der Waals surface area contributed by atoms with E-state index in [-0.39, 0.29) is 5.69 Å². The first-order valence-electron chi connectivity index (χ1n) is 3.39. The lowest BCUT2D eigenvalue weighted by molar-refractivity contribution is 0.145. The average Bonchev–Trinajstić information content (AvgIpc) is 2.09. The molecule has 0 aliphatic heterocycles. The van der Waals surface area contributed by atoms with Crippen molar-refractivity contribution in [2.75, 3.05) is 0 Å². The first kappa shape index (κ1) is 11.3. The van der Waals surface area contributed by atoms with E-state index in [1.165, 1.54) is 6.20 Å². The molecule has 0 radical (unpaired) electrons. The summed E-state index contributed by atoms with van der Waals surface area (Å²) >= 11 is 5.03. The minimum absolute atomic E-state index is 0.235. The lowest BCUT2D eigenvalue weighted by Crippen LogP contribution is -2.03. The third kappa shape index (κ3) is 2.35. The van der Waals surface area contributed by atoms with E-state index in [4.69, 9.17) is 5.73 Å². The van der Waals surface area contributed by atoms with E-state index in [1.807, 2.05) is 22.6 Å². The molecular formula is C7H6BrF2IN2. The fraction of sp³-hybridized carbons (Fsp3) is 0.286. The molecule has 0 bridgehead atoms. The van der Waals surface area contributed by atoms with E-state index in [0.29, 0.717) is 14.6 Å². The molecule has 0 spiro atoms. The average molecular weight is 363 g/mol. The standard InChI is InChI=1S/C7H6BrF2IN2/c8-4-5(11)3(1-12)2-13-6(4)7(9)10/h2,7H,1,12H2. The molecule has 6 heteroatoms. The molecule has 1 aromatic rings. The maximum absolute atomic E-state index is 12.3. The number of alkyl halides is 2. The molecule has 0 aliphatic rings. The van der Waals surface area contributed by atoms with Crippen molar-refractivity contribution < 1.29 is 8.78 Å². The van der Waals surface area contributed by atoms with Crippen LogP contribution in [0.3, 0.4) is 0 Å². The predicted octanol–water partition coefficient (Wildman–Crippen LogP) is 2.85. The molecule has 1 heterocycles. The van der Waals surface area contributed by atoms with Gasteiger partial charge in [-0.05, 0) is 44.1 Å². The molecule has 2 nitrogen and oxygen atoms in total. The molecule has 0 aliphatic carbocycles. The van der Waals surface area contributed by atoms with E-state index in [0.717, 1.165) is 5.56 Å². The van der Waals surface area contributed by atoms with Crippen LogP contribution in [-0.2, 0) is 6.54 Å². The topological polar surface area (TPSA) is 38.9 Å². The van der Waals surface area contributed by atoms with Crippen molar-refractivity contribution in [3.05, 3.63) is 25.5 Å². The van der Waals surface area contributed by atoms with Crippen LogP contribution in [0, 0.1) is 3.57 Å². The fourth-order valence-electron chi connectivity index (χ4n) is 0.809. The van der Waals surface area contributed by atoms with Crippen molar-refractivity contribution in [2.45, 2.75) is 13.0 Å². The molecule has 0 fully saturated rings. The normalized spacial score (nSPS) is 10.9. The highest BCUT2D eigenvalue weighted by molar-refractivity contribution is 14.1. The molecular weight excluding hydrogens is 357 g/mol. The molecule has 0 amide bonds. The zero-order valence-corrected chi connectivity index (χ0v) is 10.1. The monoisotopic (exact) mass is 362 g/mol. The van der Waals surface area contributed by atoms with Crippen LogP contribution in [0.4, 0.5) is 8.78 Å². The summed E-state index contributed by atoms with van der Waals surface area (Å²) in [6, 6.07) is 0. The van der Waals surface area contributed by atoms with Gasteiger partial charge in [-0.1, -0.05) is 0 Å². The van der Waals surface area contributed by atoms with Crippen LogP contribution < -0.4 is 5.73 Å². The fourth-order valence-corrected chi connectivity index (χ4v) is 1.97. The quantitative estimate of drug-likeness (QED) is 0.821. The first-order chi connectivity index (χ1) is 6.07. The highest BCUT2D eigenvalue weighted by atomic mass is 127. The Balaban J connectivity index is 3.23. The summed E-state index contributed by atoms with van der Waals surface area (Å²) < 4.78 is 25.7. The van der Waals surface area contributed by atoms with E-state index in [1.54, 1.807) is 0 Å². The first-order valence-corrected chi connectivity index (χ1v) is 5.26. The van der Waals surface area contributed by atoms with Crippen LogP contribution in [-0.4, -0.2) is 4.98 Å². The Morgan fingerprint density at radius 1 is 1.62 bits per heavy atom. The van der Waals surface area contributed by atoms with Gasteiger partial charge in [-0.2, -0.15) is 0 Å². The summed E-state index contributed by atoms with van der Waals surface area (Å²) in [6.45, 7) is 0.299. The molecule has 0 saturated heterocycles. The molecule has 1 aromatic heterocycles. The van der Waals surface area contributed by atoms with Crippen LogP contribution in [0.25, 0.3) is 0 Å². The third-order valence-electron chi connectivity index (χ3n) is 1.49. The molecule has 0 saturated carbocycles. The molecule has 2 N–H and O–H groups in total. The molecule has 72 valence electrons. The number of hydrogen-bond donors (Lipinski definition) is 1. The van der Waals surface area contributed by atoms with E-state index in [2.05, 4.69) is 20.9 Å². The number of halogens is 4. The summed E-state index contributed by atoms with van der Waals surface area (Å²) in [5, 5.41) is 0. The molecule has 0 aromatic carbocycles. The lowest BCUT2D eigenvalue weighted by atomic mass is 10.2. The van der Waals surface area contributed by atoms with Crippen molar-refractivity contribution in [1.82, 2.24) is 4.98 Å². The zero-order valence-electron chi connectivity index (χ0n) is 6.40. The highest BCUT2D eigenvalue weighted by Gasteiger charge is 2.17. The second-order valence-electron chi connectivity index (χ2n) is 2.30. The van der Waals surface area contributed by atoms with Gasteiger partial charge in [0.25, 0.3) is 6.43 Å². The highest BCUT2D eigenvalue weighted by Crippen LogP contribution is 2.30. The predicted molar refractivity (Wildman–Crippen MR) is 57.5 cm³/mol. The Labute approximate surface area is 96.2 Å². The van der Waals surface area contributed by atoms with Crippen molar-refractivity contribution >= 4 is 38.5 Å². The molecule has 13 heavy (non-hydrogen) atoms. The van der Waals surface area contributed by atoms with Gasteiger partial charge in [0.05, 0.1) is 4.47 Å². The number of nitrogens with zero attached hydrogens (tertiary/aromatic N) is 1. The van der Waals surface area contributed by atoms with Crippen LogP contribution in [0.15, 0.2) is 10.7 Å². The van der Waals surface area contributed by atoms with Crippen LogP contribution in [0.5, 0.6) is 0 Å². The summed E-state index contributed by atoms with van der Waals surface area (Å²) in [5.41, 5.74) is 5.92. The van der Waals surface area contributed by atoms with Gasteiger partial charge in [0.2, 0.25) is 0 Å². The maximum atomic E-state index is 12.3. The van der Waals surface area contributed by atoms with Gasteiger partial charge in [-0.15, -0.1) is 0 Å². The van der Waals surface area contributed by atoms with Crippen LogP contribution in [0.1, 0.15) is 17.7 Å². The van der Waals surface area contributed by atoms with E-state index >= 15 is 0 Å². The second kappa shape index (κ2) is 4.61. The smallest absolute Gasteiger partial charge is 0.281 e. The summed E-state index contributed by atoms with van der Waals surface area (Å²) in [7, 11) is 0. The second-order valence-corrected chi connectivity index (χ2v) is 4.17. The van der Waals surface area contributed by atoms with E-state index < -0.39 is 6.43 Å². The van der Waals surface area contributed by atoms with Gasteiger partial charge >= 0.3 is 0 Å². The summed E-state index contributed by atoms with van der Waals surface area (Å²) in [6.07, 6.45) is -1.18. The van der Waals surface area contributed by atoms with Crippen molar-refractivity contribution in [1.29, 1.82) is 0 Å². The van der Waals surface area contributed by atoms with Crippen LogP contribution >= 0.6 is 38.5 Å². The third-order valence-corrected chi connectivity index (χ3v) is 4.26. The van der Waals surface area contributed by atoms with Gasteiger partial charge in [-0.25, -0.2) is 8.78 Å². The Hall–Kier alpha value is 0.180. The molecule has 0 atom stereocenters.